The van der Waals surface area contributed by atoms with Gasteiger partial charge in [0.1, 0.15) is 0 Å². The first-order valence-corrected chi connectivity index (χ1v) is 9.25. The standard InChI is InChI=1S/C15H23N3O4S/c1-12(2)16(3)13-8-10-17(11-9-13)23(21,22)15-6-4-14(5-7-15)18(19)20/h4-7,12-13H,8-11H2,1-3H3/p+1. The van der Waals surface area contributed by atoms with Gasteiger partial charge >= 0.3 is 0 Å². The molecule has 1 atom stereocenters. The Kier molecular flexibility index (Phi) is 5.38. The van der Waals surface area contributed by atoms with Crippen LogP contribution in [0.15, 0.2) is 29.2 Å². The molecule has 23 heavy (non-hydrogen) atoms. The van der Waals surface area contributed by atoms with Gasteiger partial charge in [-0.15, -0.1) is 0 Å². The predicted molar refractivity (Wildman–Crippen MR) is 86.9 cm³/mol. The van der Waals surface area contributed by atoms with Gasteiger partial charge in [-0.2, -0.15) is 4.31 Å². The molecule has 128 valence electrons. The number of non-ortho nitro benzene ring substituents is 1. The highest BCUT2D eigenvalue weighted by Crippen LogP contribution is 2.22. The van der Waals surface area contributed by atoms with Crippen molar-refractivity contribution in [1.29, 1.82) is 0 Å². The van der Waals surface area contributed by atoms with Gasteiger partial charge in [0.25, 0.3) is 5.69 Å². The molecule has 0 spiro atoms. The summed E-state index contributed by atoms with van der Waals surface area (Å²) in [6.45, 7) is 5.31. The summed E-state index contributed by atoms with van der Waals surface area (Å²) in [6.07, 6.45) is 1.66. The van der Waals surface area contributed by atoms with Gasteiger partial charge in [0.15, 0.2) is 0 Å². The van der Waals surface area contributed by atoms with E-state index in [4.69, 9.17) is 0 Å². The number of nitrogens with zero attached hydrogens (tertiary/aromatic N) is 2. The van der Waals surface area contributed by atoms with Crippen LogP contribution in [-0.4, -0.2) is 49.9 Å². The molecule has 7 nitrogen and oxygen atoms in total. The third kappa shape index (κ3) is 3.88. The first-order valence-electron chi connectivity index (χ1n) is 7.81. The summed E-state index contributed by atoms with van der Waals surface area (Å²) in [5.41, 5.74) is -0.107. The topological polar surface area (TPSA) is 85.0 Å². The maximum absolute atomic E-state index is 12.6. The van der Waals surface area contributed by atoms with Crippen molar-refractivity contribution < 1.29 is 18.2 Å². The van der Waals surface area contributed by atoms with Crippen molar-refractivity contribution in [3.8, 4) is 0 Å². The normalized spacial score (nSPS) is 19.0. The van der Waals surface area contributed by atoms with Gasteiger partial charge in [0.05, 0.1) is 29.0 Å². The molecule has 0 radical (unpaired) electrons. The van der Waals surface area contributed by atoms with Gasteiger partial charge in [0.2, 0.25) is 10.0 Å². The van der Waals surface area contributed by atoms with Crippen LogP contribution < -0.4 is 4.90 Å². The molecule has 1 aromatic carbocycles. The quantitative estimate of drug-likeness (QED) is 0.630. The Balaban J connectivity index is 2.08. The molecule has 1 aliphatic rings. The van der Waals surface area contributed by atoms with Crippen LogP contribution in [0.5, 0.6) is 0 Å². The highest BCUT2D eigenvalue weighted by molar-refractivity contribution is 7.89. The lowest BCUT2D eigenvalue weighted by molar-refractivity contribution is -0.928. The molecular weight excluding hydrogens is 318 g/mol. The second-order valence-electron chi connectivity index (χ2n) is 6.33. The number of quaternary nitrogens is 1. The van der Waals surface area contributed by atoms with Crippen molar-refractivity contribution in [2.24, 2.45) is 0 Å². The van der Waals surface area contributed by atoms with E-state index < -0.39 is 14.9 Å². The Morgan fingerprint density at radius 1 is 1.22 bits per heavy atom. The molecule has 1 fully saturated rings. The fraction of sp³-hybridized carbons (Fsp3) is 0.600. The highest BCUT2D eigenvalue weighted by atomic mass is 32.2. The van der Waals surface area contributed by atoms with E-state index in [1.165, 1.54) is 33.5 Å². The number of rotatable bonds is 5. The first-order chi connectivity index (χ1) is 10.7. The number of nitro groups is 1. The Morgan fingerprint density at radius 2 is 1.74 bits per heavy atom. The second kappa shape index (κ2) is 6.94. The maximum atomic E-state index is 12.6. The predicted octanol–water partition coefficient (Wildman–Crippen LogP) is 0.671. The van der Waals surface area contributed by atoms with E-state index in [-0.39, 0.29) is 10.6 Å². The van der Waals surface area contributed by atoms with E-state index in [1.54, 1.807) is 0 Å². The van der Waals surface area contributed by atoms with Gasteiger partial charge in [-0.25, -0.2) is 8.42 Å². The number of nitrogens with one attached hydrogen (secondary N) is 1. The minimum absolute atomic E-state index is 0.107. The number of nitro benzene ring substituents is 1. The minimum atomic E-state index is -3.57. The zero-order valence-corrected chi connectivity index (χ0v) is 14.5. The molecule has 1 saturated heterocycles. The van der Waals surface area contributed by atoms with Crippen LogP contribution in [0, 0.1) is 10.1 Å². The number of hydrogen-bond donors (Lipinski definition) is 1. The summed E-state index contributed by atoms with van der Waals surface area (Å²) in [7, 11) is -1.42. The van der Waals surface area contributed by atoms with E-state index in [0.717, 1.165) is 12.8 Å². The van der Waals surface area contributed by atoms with Crippen LogP contribution in [0.25, 0.3) is 0 Å². The first kappa shape index (κ1) is 17.8. The average Bonchev–Trinajstić information content (AvgIpc) is 2.54. The molecule has 0 saturated carbocycles. The molecule has 0 bridgehead atoms. The van der Waals surface area contributed by atoms with Crippen molar-refractivity contribution in [1.82, 2.24) is 4.31 Å². The zero-order valence-electron chi connectivity index (χ0n) is 13.7. The van der Waals surface area contributed by atoms with Gasteiger partial charge in [-0.1, -0.05) is 0 Å². The summed E-state index contributed by atoms with van der Waals surface area (Å²) in [4.78, 5) is 11.7. The monoisotopic (exact) mass is 342 g/mol. The summed E-state index contributed by atoms with van der Waals surface area (Å²) in [5, 5.41) is 10.7. The fourth-order valence-corrected chi connectivity index (χ4v) is 4.38. The molecule has 1 N–H and O–H groups in total. The Labute approximate surface area is 137 Å². The highest BCUT2D eigenvalue weighted by Gasteiger charge is 2.33. The Morgan fingerprint density at radius 3 is 2.17 bits per heavy atom. The summed E-state index contributed by atoms with van der Waals surface area (Å²) < 4.78 is 26.7. The molecule has 1 unspecified atom stereocenters. The minimum Gasteiger partial charge on any atom is -0.333 e. The fourth-order valence-electron chi connectivity index (χ4n) is 2.91. The maximum Gasteiger partial charge on any atom is 0.269 e. The molecular formula is C15H24N3O4S+. The zero-order chi connectivity index (χ0) is 17.2. The van der Waals surface area contributed by atoms with Crippen molar-refractivity contribution in [2.75, 3.05) is 20.1 Å². The van der Waals surface area contributed by atoms with Gasteiger partial charge in [-0.05, 0) is 26.0 Å². The van der Waals surface area contributed by atoms with Crippen LogP contribution in [0.4, 0.5) is 5.69 Å². The lowest BCUT2D eigenvalue weighted by Crippen LogP contribution is -3.16. The molecule has 0 aliphatic carbocycles. The SMILES string of the molecule is CC(C)[NH+](C)C1CCN(S(=O)(=O)c2ccc([N+](=O)[O-])cc2)CC1. The smallest absolute Gasteiger partial charge is 0.269 e. The lowest BCUT2D eigenvalue weighted by Gasteiger charge is -2.35. The molecule has 1 aliphatic heterocycles. The van der Waals surface area contributed by atoms with Crippen LogP contribution in [0.2, 0.25) is 0 Å². The van der Waals surface area contributed by atoms with Crippen LogP contribution in [0.1, 0.15) is 26.7 Å². The van der Waals surface area contributed by atoms with E-state index in [9.17, 15) is 18.5 Å². The third-order valence-corrected chi connectivity index (χ3v) is 6.61. The molecule has 1 heterocycles. The van der Waals surface area contributed by atoms with Crippen LogP contribution in [0.3, 0.4) is 0 Å². The number of sulfonamides is 1. The summed E-state index contributed by atoms with van der Waals surface area (Å²) in [5.74, 6) is 0. The lowest BCUT2D eigenvalue weighted by atomic mass is 10.0. The van der Waals surface area contributed by atoms with Crippen molar-refractivity contribution in [2.45, 2.75) is 43.7 Å². The molecule has 1 aromatic rings. The largest absolute Gasteiger partial charge is 0.333 e. The van der Waals surface area contributed by atoms with E-state index in [1.807, 2.05) is 0 Å². The van der Waals surface area contributed by atoms with E-state index in [2.05, 4.69) is 20.9 Å². The van der Waals surface area contributed by atoms with Crippen LogP contribution >= 0.6 is 0 Å². The van der Waals surface area contributed by atoms with E-state index in [0.29, 0.717) is 25.2 Å². The van der Waals surface area contributed by atoms with E-state index >= 15 is 0 Å². The second-order valence-corrected chi connectivity index (χ2v) is 8.27. The molecule has 0 amide bonds. The van der Waals surface area contributed by atoms with Gasteiger partial charge in [0, 0.05) is 38.1 Å². The summed E-state index contributed by atoms with van der Waals surface area (Å²) >= 11 is 0. The number of benzene rings is 1. The summed E-state index contributed by atoms with van der Waals surface area (Å²) in [6, 6.07) is 6.07. The van der Waals surface area contributed by atoms with Gasteiger partial charge < -0.3 is 4.90 Å². The molecule has 0 aromatic heterocycles. The van der Waals surface area contributed by atoms with Crippen molar-refractivity contribution >= 4 is 15.7 Å². The van der Waals surface area contributed by atoms with Gasteiger partial charge in [-0.3, -0.25) is 10.1 Å². The molecule has 8 heteroatoms. The molecule has 2 rings (SSSR count). The number of piperidine rings is 1. The number of hydrogen-bond acceptors (Lipinski definition) is 4. The Bertz CT molecular complexity index is 650. The van der Waals surface area contributed by atoms with Crippen LogP contribution in [-0.2, 0) is 10.0 Å². The van der Waals surface area contributed by atoms with Crippen molar-refractivity contribution in [3.05, 3.63) is 34.4 Å². The van der Waals surface area contributed by atoms with Crippen molar-refractivity contribution in [3.63, 3.8) is 0 Å². The third-order valence-electron chi connectivity index (χ3n) is 4.69. The Hall–Kier alpha value is -1.51. The average molecular weight is 342 g/mol.